The van der Waals surface area contributed by atoms with Crippen molar-refractivity contribution < 1.29 is 18.3 Å². The van der Waals surface area contributed by atoms with E-state index in [0.29, 0.717) is 6.61 Å². The fourth-order valence-corrected chi connectivity index (χ4v) is 1.00. The van der Waals surface area contributed by atoms with E-state index in [0.717, 1.165) is 12.1 Å². The Balaban J connectivity index is 2.61. The Kier molecular flexibility index (Phi) is 4.75. The van der Waals surface area contributed by atoms with Gasteiger partial charge in [-0.2, -0.15) is 13.8 Å². The van der Waals surface area contributed by atoms with E-state index >= 15 is 0 Å². The van der Waals surface area contributed by atoms with Gasteiger partial charge in [0.05, 0.1) is 6.61 Å². The average Bonchev–Trinajstić information content (AvgIpc) is 2.25. The molecule has 0 saturated carbocycles. The second-order valence-electron chi connectivity index (χ2n) is 3.87. The molecule has 1 rings (SSSR count). The molecule has 92 valence electrons. The predicted octanol–water partition coefficient (Wildman–Crippen LogP) is 2.57. The molecule has 17 heavy (non-hydrogen) atoms. The summed E-state index contributed by atoms with van der Waals surface area (Å²) >= 11 is 0. The van der Waals surface area contributed by atoms with Crippen LogP contribution in [-0.4, -0.2) is 17.6 Å². The van der Waals surface area contributed by atoms with E-state index in [1.165, 1.54) is 12.1 Å². The summed E-state index contributed by atoms with van der Waals surface area (Å²) in [5.74, 6) is -2.20. The van der Waals surface area contributed by atoms with Crippen LogP contribution in [0.4, 0.5) is 8.78 Å². The molecule has 0 aliphatic rings. The lowest BCUT2D eigenvalue weighted by Gasteiger charge is -2.03. The molecule has 0 atom stereocenters. The number of hydrogen-bond acceptors (Lipinski definition) is 3. The molecular formula is C12H13F2NO2. The van der Waals surface area contributed by atoms with Gasteiger partial charge in [-0.3, -0.25) is 0 Å². The van der Waals surface area contributed by atoms with Crippen LogP contribution in [0.2, 0.25) is 0 Å². The molecule has 0 unspecified atom stereocenters. The zero-order chi connectivity index (χ0) is 12.8. The van der Waals surface area contributed by atoms with Gasteiger partial charge in [0.25, 0.3) is 0 Å². The number of carbonyl (C=O) groups excluding carboxylic acids is 1. The largest absolute Gasteiger partial charge is 0.462 e. The summed E-state index contributed by atoms with van der Waals surface area (Å²) in [6, 6.07) is 2.21. The molecule has 0 aliphatic heterocycles. The number of hydrogen-bond donors (Lipinski definition) is 0. The highest BCUT2D eigenvalue weighted by atomic mass is 19.1. The molecule has 0 spiro atoms. The SMILES string of the molecule is CC(C)COC(=O)/C=C/c1ccc(F)nc1F. The van der Waals surface area contributed by atoms with Gasteiger partial charge in [-0.05, 0) is 24.1 Å². The minimum absolute atomic E-state index is 0.0351. The minimum Gasteiger partial charge on any atom is -0.462 e. The monoisotopic (exact) mass is 241 g/mol. The van der Waals surface area contributed by atoms with Crippen LogP contribution in [-0.2, 0) is 9.53 Å². The van der Waals surface area contributed by atoms with E-state index < -0.39 is 17.9 Å². The summed E-state index contributed by atoms with van der Waals surface area (Å²) < 4.78 is 30.4. The Morgan fingerprint density at radius 3 is 2.76 bits per heavy atom. The number of halogens is 2. The number of rotatable bonds is 4. The van der Waals surface area contributed by atoms with E-state index in [9.17, 15) is 13.6 Å². The first-order chi connectivity index (χ1) is 7.99. The van der Waals surface area contributed by atoms with Gasteiger partial charge >= 0.3 is 5.97 Å². The average molecular weight is 241 g/mol. The van der Waals surface area contributed by atoms with E-state index in [1.807, 2.05) is 13.8 Å². The molecule has 0 saturated heterocycles. The molecule has 0 N–H and O–H groups in total. The number of carbonyl (C=O) groups is 1. The molecule has 1 aromatic heterocycles. The summed E-state index contributed by atoms with van der Waals surface area (Å²) in [6.45, 7) is 4.11. The van der Waals surface area contributed by atoms with Crippen LogP contribution in [0.5, 0.6) is 0 Å². The van der Waals surface area contributed by atoms with Gasteiger partial charge in [-0.15, -0.1) is 0 Å². The number of ether oxygens (including phenoxy) is 1. The Morgan fingerprint density at radius 2 is 2.18 bits per heavy atom. The molecule has 0 bridgehead atoms. The first-order valence-electron chi connectivity index (χ1n) is 5.16. The van der Waals surface area contributed by atoms with Gasteiger partial charge < -0.3 is 4.74 Å². The molecule has 0 amide bonds. The maximum Gasteiger partial charge on any atom is 0.330 e. The van der Waals surface area contributed by atoms with E-state index in [4.69, 9.17) is 4.74 Å². The smallest absolute Gasteiger partial charge is 0.330 e. The first-order valence-corrected chi connectivity index (χ1v) is 5.16. The van der Waals surface area contributed by atoms with Gasteiger partial charge in [0.15, 0.2) is 0 Å². The summed E-state index contributed by atoms with van der Waals surface area (Å²) in [5.41, 5.74) is 0.0351. The van der Waals surface area contributed by atoms with Crippen LogP contribution in [0.1, 0.15) is 19.4 Å². The summed E-state index contributed by atoms with van der Waals surface area (Å²) in [7, 11) is 0. The third-order valence-corrected chi connectivity index (χ3v) is 1.80. The number of nitrogens with zero attached hydrogens (tertiary/aromatic N) is 1. The molecule has 0 fully saturated rings. The first kappa shape index (κ1) is 13.3. The molecule has 0 aliphatic carbocycles. The maximum absolute atomic E-state index is 13.1. The van der Waals surface area contributed by atoms with Gasteiger partial charge in [0, 0.05) is 11.6 Å². The zero-order valence-corrected chi connectivity index (χ0v) is 9.61. The second kappa shape index (κ2) is 6.08. The maximum atomic E-state index is 13.1. The van der Waals surface area contributed by atoms with E-state index in [-0.39, 0.29) is 11.5 Å². The highest BCUT2D eigenvalue weighted by molar-refractivity contribution is 5.86. The molecule has 3 nitrogen and oxygen atoms in total. The van der Waals surface area contributed by atoms with Crippen LogP contribution < -0.4 is 0 Å². The molecular weight excluding hydrogens is 228 g/mol. The molecule has 1 heterocycles. The second-order valence-corrected chi connectivity index (χ2v) is 3.87. The minimum atomic E-state index is -0.960. The topological polar surface area (TPSA) is 39.2 Å². The van der Waals surface area contributed by atoms with Crippen molar-refractivity contribution >= 4 is 12.0 Å². The van der Waals surface area contributed by atoms with Crippen LogP contribution in [0, 0.1) is 17.8 Å². The normalized spacial score (nSPS) is 11.1. The van der Waals surface area contributed by atoms with Crippen molar-refractivity contribution in [1.82, 2.24) is 4.98 Å². The van der Waals surface area contributed by atoms with Gasteiger partial charge in [-0.1, -0.05) is 13.8 Å². The van der Waals surface area contributed by atoms with Crippen molar-refractivity contribution in [2.75, 3.05) is 6.61 Å². The summed E-state index contributed by atoms with van der Waals surface area (Å²) in [4.78, 5) is 14.2. The van der Waals surface area contributed by atoms with Crippen molar-refractivity contribution in [2.45, 2.75) is 13.8 Å². The fraction of sp³-hybridized carbons (Fsp3) is 0.333. The van der Waals surface area contributed by atoms with E-state index in [1.54, 1.807) is 0 Å². The van der Waals surface area contributed by atoms with Crippen LogP contribution in [0.3, 0.4) is 0 Å². The Labute approximate surface area is 98.1 Å². The zero-order valence-electron chi connectivity index (χ0n) is 9.61. The van der Waals surface area contributed by atoms with Crippen molar-refractivity contribution in [2.24, 2.45) is 5.92 Å². The fourth-order valence-electron chi connectivity index (χ4n) is 1.00. The van der Waals surface area contributed by atoms with Crippen molar-refractivity contribution in [3.05, 3.63) is 35.7 Å². The third-order valence-electron chi connectivity index (χ3n) is 1.80. The van der Waals surface area contributed by atoms with Crippen LogP contribution >= 0.6 is 0 Å². The van der Waals surface area contributed by atoms with Crippen molar-refractivity contribution in [3.8, 4) is 0 Å². The number of pyridine rings is 1. The summed E-state index contributed by atoms with van der Waals surface area (Å²) in [5, 5.41) is 0. The molecule has 0 radical (unpaired) electrons. The number of esters is 1. The Bertz CT molecular complexity index is 431. The lowest BCUT2D eigenvalue weighted by molar-refractivity contribution is -0.138. The lowest BCUT2D eigenvalue weighted by atomic mass is 10.2. The quantitative estimate of drug-likeness (QED) is 0.462. The van der Waals surface area contributed by atoms with Crippen molar-refractivity contribution in [1.29, 1.82) is 0 Å². The molecule has 0 aromatic carbocycles. The molecule has 1 aromatic rings. The Hall–Kier alpha value is -1.78. The van der Waals surface area contributed by atoms with Gasteiger partial charge in [-0.25, -0.2) is 4.79 Å². The molecule has 5 heteroatoms. The van der Waals surface area contributed by atoms with Gasteiger partial charge in [0.2, 0.25) is 11.9 Å². The highest BCUT2D eigenvalue weighted by Crippen LogP contribution is 2.07. The van der Waals surface area contributed by atoms with Crippen molar-refractivity contribution in [3.63, 3.8) is 0 Å². The standard InChI is InChI=1S/C12H13F2NO2/c1-8(2)7-17-11(16)6-4-9-3-5-10(13)15-12(9)14/h3-6,8H,7H2,1-2H3/b6-4+. The van der Waals surface area contributed by atoms with Crippen LogP contribution in [0.15, 0.2) is 18.2 Å². The van der Waals surface area contributed by atoms with E-state index in [2.05, 4.69) is 4.98 Å². The number of aromatic nitrogens is 1. The van der Waals surface area contributed by atoms with Gasteiger partial charge in [0.1, 0.15) is 0 Å². The van der Waals surface area contributed by atoms with Crippen LogP contribution in [0.25, 0.3) is 6.08 Å². The summed E-state index contributed by atoms with van der Waals surface area (Å²) in [6.07, 6.45) is 2.28. The Morgan fingerprint density at radius 1 is 1.47 bits per heavy atom. The predicted molar refractivity (Wildman–Crippen MR) is 59.0 cm³/mol. The third kappa shape index (κ3) is 4.72. The highest BCUT2D eigenvalue weighted by Gasteiger charge is 2.04. The lowest BCUT2D eigenvalue weighted by Crippen LogP contribution is -2.07.